The Balaban J connectivity index is 2.32. The van der Waals surface area contributed by atoms with Crippen LogP contribution in [0, 0.1) is 11.3 Å². The fourth-order valence-electron chi connectivity index (χ4n) is 3.05. The molecule has 1 atom stereocenters. The first-order valence-electron chi connectivity index (χ1n) is 7.28. The van der Waals surface area contributed by atoms with Crippen molar-refractivity contribution in [1.82, 2.24) is 0 Å². The second kappa shape index (κ2) is 4.59. The smallest absolute Gasteiger partial charge is 0.201 e. The summed E-state index contributed by atoms with van der Waals surface area (Å²) < 4.78 is 2.25. The van der Waals surface area contributed by atoms with E-state index in [1.807, 2.05) is 0 Å². The highest BCUT2D eigenvalue weighted by Crippen LogP contribution is 2.44. The normalized spacial score (nSPS) is 21.0. The van der Waals surface area contributed by atoms with Crippen LogP contribution in [0.1, 0.15) is 26.5 Å². The lowest BCUT2D eigenvalue weighted by molar-refractivity contribution is -0.672. The van der Waals surface area contributed by atoms with E-state index in [1.165, 1.54) is 22.0 Å². The Morgan fingerprint density at radius 2 is 1.85 bits per heavy atom. The third-order valence-electron chi connectivity index (χ3n) is 4.80. The SMILES string of the molecule is CC1C=CC=C(c2c3ccccc3cc[n+]2C)C1(C)C. The van der Waals surface area contributed by atoms with Crippen molar-refractivity contribution in [3.8, 4) is 0 Å². The summed E-state index contributed by atoms with van der Waals surface area (Å²) in [6.45, 7) is 6.98. The summed E-state index contributed by atoms with van der Waals surface area (Å²) in [5.41, 5.74) is 2.91. The molecule has 0 N–H and O–H groups in total. The van der Waals surface area contributed by atoms with Crippen LogP contribution in [0.3, 0.4) is 0 Å². The van der Waals surface area contributed by atoms with Gasteiger partial charge < -0.3 is 0 Å². The van der Waals surface area contributed by atoms with Crippen molar-refractivity contribution < 1.29 is 4.57 Å². The van der Waals surface area contributed by atoms with Crippen LogP contribution >= 0.6 is 0 Å². The van der Waals surface area contributed by atoms with Gasteiger partial charge in [0.1, 0.15) is 7.05 Å². The molecule has 102 valence electrons. The number of nitrogens with zero attached hydrogens (tertiary/aromatic N) is 1. The molecule has 1 aromatic heterocycles. The van der Waals surface area contributed by atoms with E-state index in [0.29, 0.717) is 5.92 Å². The molecule has 1 aromatic carbocycles. The van der Waals surface area contributed by atoms with Crippen molar-refractivity contribution in [2.24, 2.45) is 18.4 Å². The zero-order valence-electron chi connectivity index (χ0n) is 12.7. The second-order valence-electron chi connectivity index (χ2n) is 6.34. The standard InChI is InChI=1S/C19H22N/c1-14-8-7-11-17(19(14,2)3)18-16-10-6-5-9-15(16)12-13-20(18)4/h5-14H,1-4H3/q+1. The molecule has 1 unspecified atom stereocenters. The van der Waals surface area contributed by atoms with Gasteiger partial charge in [0.15, 0.2) is 6.20 Å². The van der Waals surface area contributed by atoms with E-state index in [0.717, 1.165) is 0 Å². The van der Waals surface area contributed by atoms with Crippen molar-refractivity contribution in [2.75, 3.05) is 0 Å². The van der Waals surface area contributed by atoms with Crippen LogP contribution in [-0.2, 0) is 7.05 Å². The van der Waals surface area contributed by atoms with Gasteiger partial charge >= 0.3 is 0 Å². The summed E-state index contributed by atoms with van der Waals surface area (Å²) in [4.78, 5) is 0. The van der Waals surface area contributed by atoms with E-state index < -0.39 is 0 Å². The number of rotatable bonds is 1. The number of aryl methyl sites for hydroxylation is 1. The fourth-order valence-corrected chi connectivity index (χ4v) is 3.05. The largest absolute Gasteiger partial charge is 0.216 e. The van der Waals surface area contributed by atoms with Crippen LogP contribution in [0.4, 0.5) is 0 Å². The summed E-state index contributed by atoms with van der Waals surface area (Å²) >= 11 is 0. The molecule has 2 aromatic rings. The molecule has 0 bridgehead atoms. The highest BCUT2D eigenvalue weighted by atomic mass is 14.9. The molecule has 0 fully saturated rings. The van der Waals surface area contributed by atoms with E-state index >= 15 is 0 Å². The van der Waals surface area contributed by atoms with Crippen LogP contribution in [0.5, 0.6) is 0 Å². The van der Waals surface area contributed by atoms with Crippen molar-refractivity contribution in [2.45, 2.75) is 20.8 Å². The molecule has 0 saturated carbocycles. The molecule has 0 spiro atoms. The van der Waals surface area contributed by atoms with Crippen LogP contribution in [0.2, 0.25) is 0 Å². The highest BCUT2D eigenvalue weighted by Gasteiger charge is 2.35. The summed E-state index contributed by atoms with van der Waals surface area (Å²) in [6.07, 6.45) is 8.95. The lowest BCUT2D eigenvalue weighted by Crippen LogP contribution is -2.37. The van der Waals surface area contributed by atoms with Crippen LogP contribution in [-0.4, -0.2) is 0 Å². The molecular formula is C19H22N+. The maximum Gasteiger partial charge on any atom is 0.216 e. The van der Waals surface area contributed by atoms with Crippen molar-refractivity contribution in [3.05, 3.63) is 60.5 Å². The molecule has 20 heavy (non-hydrogen) atoms. The minimum absolute atomic E-state index is 0.149. The van der Waals surface area contributed by atoms with Gasteiger partial charge in [0, 0.05) is 17.1 Å². The third kappa shape index (κ3) is 1.89. The molecule has 1 heterocycles. The van der Waals surface area contributed by atoms with Crippen molar-refractivity contribution >= 4 is 16.3 Å². The number of hydrogen-bond donors (Lipinski definition) is 0. The Morgan fingerprint density at radius 1 is 1.10 bits per heavy atom. The zero-order valence-corrected chi connectivity index (χ0v) is 12.7. The van der Waals surface area contributed by atoms with E-state index in [-0.39, 0.29) is 5.41 Å². The third-order valence-corrected chi connectivity index (χ3v) is 4.80. The number of hydrogen-bond acceptors (Lipinski definition) is 0. The predicted octanol–water partition coefficient (Wildman–Crippen LogP) is 4.28. The molecule has 0 aliphatic heterocycles. The lowest BCUT2D eigenvalue weighted by Gasteiger charge is -2.34. The van der Waals surface area contributed by atoms with E-state index in [9.17, 15) is 0 Å². The number of fused-ring (bicyclic) bond motifs is 1. The molecule has 0 amide bonds. The van der Waals surface area contributed by atoms with E-state index in [4.69, 9.17) is 0 Å². The molecule has 1 aliphatic carbocycles. The summed E-state index contributed by atoms with van der Waals surface area (Å²) in [7, 11) is 2.14. The van der Waals surface area contributed by atoms with Crippen molar-refractivity contribution in [1.29, 1.82) is 0 Å². The maximum absolute atomic E-state index is 2.34. The van der Waals surface area contributed by atoms with Gasteiger partial charge in [-0.2, -0.15) is 0 Å². The molecule has 1 heteroatoms. The van der Waals surface area contributed by atoms with Crippen LogP contribution in [0.25, 0.3) is 16.3 Å². The lowest BCUT2D eigenvalue weighted by atomic mass is 9.69. The Morgan fingerprint density at radius 3 is 2.65 bits per heavy atom. The van der Waals surface area contributed by atoms with Gasteiger partial charge in [-0.1, -0.05) is 57.2 Å². The monoisotopic (exact) mass is 264 g/mol. The molecular weight excluding hydrogens is 242 g/mol. The first-order chi connectivity index (χ1) is 9.51. The number of allylic oxidation sites excluding steroid dienone is 4. The van der Waals surface area contributed by atoms with E-state index in [1.54, 1.807) is 0 Å². The number of benzene rings is 1. The minimum Gasteiger partial charge on any atom is -0.201 e. The molecule has 0 radical (unpaired) electrons. The first-order valence-corrected chi connectivity index (χ1v) is 7.28. The van der Waals surface area contributed by atoms with Crippen molar-refractivity contribution in [3.63, 3.8) is 0 Å². The molecule has 1 nitrogen and oxygen atoms in total. The van der Waals surface area contributed by atoms with Gasteiger partial charge in [-0.05, 0) is 17.4 Å². The number of aromatic nitrogens is 1. The Hall–Kier alpha value is -1.89. The van der Waals surface area contributed by atoms with Gasteiger partial charge in [0.2, 0.25) is 5.69 Å². The van der Waals surface area contributed by atoms with E-state index in [2.05, 4.69) is 87.1 Å². The number of pyridine rings is 1. The average molecular weight is 264 g/mol. The van der Waals surface area contributed by atoms with Gasteiger partial charge in [-0.15, -0.1) is 0 Å². The fraction of sp³-hybridized carbons (Fsp3) is 0.316. The summed E-state index contributed by atoms with van der Waals surface area (Å²) in [5, 5.41) is 2.64. The Bertz CT molecular complexity index is 720. The molecule has 3 rings (SSSR count). The minimum atomic E-state index is 0.149. The summed E-state index contributed by atoms with van der Waals surface area (Å²) in [6, 6.07) is 10.8. The topological polar surface area (TPSA) is 3.88 Å². The quantitative estimate of drug-likeness (QED) is 0.677. The maximum atomic E-state index is 2.34. The van der Waals surface area contributed by atoms with Crippen LogP contribution < -0.4 is 4.57 Å². The Kier molecular flexibility index (Phi) is 3.01. The van der Waals surface area contributed by atoms with Gasteiger partial charge in [-0.3, -0.25) is 0 Å². The second-order valence-corrected chi connectivity index (χ2v) is 6.34. The predicted molar refractivity (Wildman–Crippen MR) is 85.2 cm³/mol. The molecule has 0 saturated heterocycles. The van der Waals surface area contributed by atoms with Gasteiger partial charge in [0.25, 0.3) is 0 Å². The first kappa shape index (κ1) is 13.1. The summed E-state index contributed by atoms with van der Waals surface area (Å²) in [5.74, 6) is 0.543. The average Bonchev–Trinajstić information content (AvgIpc) is 2.43. The highest BCUT2D eigenvalue weighted by molar-refractivity contribution is 5.92. The van der Waals surface area contributed by atoms with Gasteiger partial charge in [-0.25, -0.2) is 4.57 Å². The Labute approximate surface area is 121 Å². The molecule has 1 aliphatic rings. The van der Waals surface area contributed by atoms with Crippen LogP contribution in [0.15, 0.2) is 54.8 Å². The zero-order chi connectivity index (χ0) is 14.3. The van der Waals surface area contributed by atoms with Gasteiger partial charge in [0.05, 0.1) is 5.39 Å².